The van der Waals surface area contributed by atoms with Crippen molar-refractivity contribution in [1.82, 2.24) is 19.6 Å². The van der Waals surface area contributed by atoms with Crippen LogP contribution in [0.1, 0.15) is 13.8 Å². The highest BCUT2D eigenvalue weighted by atomic mass is 79.9. The largest absolute Gasteiger partial charge is 0.463 e. The van der Waals surface area contributed by atoms with E-state index in [1.54, 1.807) is 34.5 Å². The third kappa shape index (κ3) is 4.07. The first-order chi connectivity index (χ1) is 12.5. The summed E-state index contributed by atoms with van der Waals surface area (Å²) in [6.07, 6.45) is 1.14. The molecule has 0 spiro atoms. The summed E-state index contributed by atoms with van der Waals surface area (Å²) >= 11 is 3.43. The molecule has 1 aromatic heterocycles. The summed E-state index contributed by atoms with van der Waals surface area (Å²) in [7, 11) is 0. The molecule has 2 heterocycles. The number of amides is 2. The number of hydrogen-bond acceptors (Lipinski definition) is 4. The van der Waals surface area contributed by atoms with Gasteiger partial charge in [0.1, 0.15) is 0 Å². The van der Waals surface area contributed by atoms with Crippen LogP contribution in [0.25, 0.3) is 5.69 Å². The van der Waals surface area contributed by atoms with Crippen LogP contribution in [0.3, 0.4) is 0 Å². The number of hydrogen-bond donors (Lipinski definition) is 0. The molecule has 2 aromatic rings. The molecule has 0 radical (unpaired) electrons. The van der Waals surface area contributed by atoms with Gasteiger partial charge in [-0.05, 0) is 35.0 Å². The van der Waals surface area contributed by atoms with Crippen molar-refractivity contribution in [3.63, 3.8) is 0 Å². The normalized spacial score (nSPS) is 15.7. The first kappa shape index (κ1) is 18.4. The van der Waals surface area contributed by atoms with Gasteiger partial charge in [0.25, 0.3) is 5.91 Å². The van der Waals surface area contributed by atoms with E-state index in [4.69, 9.17) is 4.74 Å². The summed E-state index contributed by atoms with van der Waals surface area (Å²) in [6.45, 7) is 5.41. The molecule has 138 valence electrons. The highest BCUT2D eigenvalue weighted by molar-refractivity contribution is 9.10. The molecule has 8 heteroatoms. The highest BCUT2D eigenvalue weighted by Gasteiger charge is 2.27. The predicted molar refractivity (Wildman–Crippen MR) is 100 cm³/mol. The molecule has 0 bridgehead atoms. The Balaban J connectivity index is 1.63. The average molecular weight is 421 g/mol. The lowest BCUT2D eigenvalue weighted by Crippen LogP contribution is -2.52. The Morgan fingerprint density at radius 2 is 1.73 bits per heavy atom. The van der Waals surface area contributed by atoms with Gasteiger partial charge in [-0.1, -0.05) is 18.2 Å². The number of carbonyl (C=O) groups is 2. The molecule has 2 amide bonds. The first-order valence-corrected chi connectivity index (χ1v) is 9.26. The zero-order valence-electron chi connectivity index (χ0n) is 14.8. The molecule has 3 rings (SSSR count). The molecule has 26 heavy (non-hydrogen) atoms. The van der Waals surface area contributed by atoms with Crippen LogP contribution in [0, 0.1) is 0 Å². The van der Waals surface area contributed by atoms with Crippen LogP contribution in [0.4, 0.5) is 0 Å². The van der Waals surface area contributed by atoms with Crippen molar-refractivity contribution in [1.29, 1.82) is 0 Å². The number of rotatable bonds is 4. The second kappa shape index (κ2) is 7.90. The Hall–Kier alpha value is -2.35. The maximum absolute atomic E-state index is 12.6. The third-order valence-electron chi connectivity index (χ3n) is 4.33. The number of halogens is 1. The van der Waals surface area contributed by atoms with Crippen LogP contribution in [0.2, 0.25) is 0 Å². The van der Waals surface area contributed by atoms with E-state index in [2.05, 4.69) is 21.0 Å². The fraction of sp³-hybridized carbons (Fsp3) is 0.389. The van der Waals surface area contributed by atoms with Gasteiger partial charge < -0.3 is 14.5 Å². The lowest BCUT2D eigenvalue weighted by Gasteiger charge is -2.35. The lowest BCUT2D eigenvalue weighted by atomic mass is 10.2. The van der Waals surface area contributed by atoms with Crippen LogP contribution in [-0.4, -0.2) is 63.7 Å². The van der Waals surface area contributed by atoms with E-state index in [9.17, 15) is 9.59 Å². The van der Waals surface area contributed by atoms with Crippen molar-refractivity contribution in [3.8, 4) is 11.6 Å². The summed E-state index contributed by atoms with van der Waals surface area (Å²) in [5, 5.41) is 4.41. The summed E-state index contributed by atoms with van der Waals surface area (Å²) in [5.41, 5.74) is 0.905. The van der Waals surface area contributed by atoms with Gasteiger partial charge in [-0.15, -0.1) is 5.10 Å². The molecular weight excluding hydrogens is 400 g/mol. The summed E-state index contributed by atoms with van der Waals surface area (Å²) < 4.78 is 8.17. The number of benzene rings is 1. The van der Waals surface area contributed by atoms with Crippen LogP contribution < -0.4 is 4.74 Å². The van der Waals surface area contributed by atoms with Gasteiger partial charge in [0.05, 0.1) is 10.2 Å². The lowest BCUT2D eigenvalue weighted by molar-refractivity contribution is -0.143. The van der Waals surface area contributed by atoms with Crippen LogP contribution in [0.15, 0.2) is 41.0 Å². The number of para-hydroxylation sites is 1. The van der Waals surface area contributed by atoms with Crippen LogP contribution >= 0.6 is 15.9 Å². The van der Waals surface area contributed by atoms with Crippen molar-refractivity contribution < 1.29 is 14.3 Å². The molecule has 1 atom stereocenters. The van der Waals surface area contributed by atoms with E-state index in [0.717, 1.165) is 5.69 Å². The molecule has 0 aliphatic carbocycles. The fourth-order valence-corrected chi connectivity index (χ4v) is 3.21. The predicted octanol–water partition coefficient (Wildman–Crippen LogP) is 2.09. The highest BCUT2D eigenvalue weighted by Crippen LogP contribution is 2.25. The van der Waals surface area contributed by atoms with Crippen molar-refractivity contribution >= 4 is 27.7 Å². The van der Waals surface area contributed by atoms with E-state index in [1.807, 2.05) is 30.3 Å². The maximum atomic E-state index is 12.6. The van der Waals surface area contributed by atoms with Gasteiger partial charge in [0.15, 0.2) is 6.10 Å². The van der Waals surface area contributed by atoms with Gasteiger partial charge in [-0.2, -0.15) is 0 Å². The molecule has 0 N–H and O–H groups in total. The summed E-state index contributed by atoms with van der Waals surface area (Å²) in [6, 6.07) is 9.67. The Kier molecular flexibility index (Phi) is 5.61. The SMILES string of the molecule is CC(=O)N1CCN(C(=O)[C@@H](C)Oc2nn(-c3ccccc3)cc2Br)CC1. The zero-order chi connectivity index (χ0) is 18.7. The van der Waals surface area contributed by atoms with Crippen LogP contribution in [0.5, 0.6) is 5.88 Å². The standard InChI is InChI=1S/C18H21BrN4O3/c1-13(18(25)22-10-8-21(9-11-22)14(2)24)26-17-16(19)12-23(20-17)15-6-4-3-5-7-15/h3-7,12-13H,8-11H2,1-2H3/t13-/m1/s1. The molecule has 0 saturated carbocycles. The Morgan fingerprint density at radius 1 is 1.12 bits per heavy atom. The van der Waals surface area contributed by atoms with E-state index < -0.39 is 6.10 Å². The number of aromatic nitrogens is 2. The van der Waals surface area contributed by atoms with E-state index in [-0.39, 0.29) is 11.8 Å². The topological polar surface area (TPSA) is 67.7 Å². The van der Waals surface area contributed by atoms with E-state index in [1.165, 1.54) is 0 Å². The third-order valence-corrected chi connectivity index (χ3v) is 4.88. The molecule has 1 aromatic carbocycles. The number of carbonyl (C=O) groups excluding carboxylic acids is 2. The second-order valence-corrected chi connectivity index (χ2v) is 7.01. The van der Waals surface area contributed by atoms with Gasteiger partial charge in [0, 0.05) is 39.3 Å². The van der Waals surface area contributed by atoms with E-state index in [0.29, 0.717) is 36.5 Å². The number of nitrogens with zero attached hydrogens (tertiary/aromatic N) is 4. The molecular formula is C18H21BrN4O3. The van der Waals surface area contributed by atoms with Crippen molar-refractivity contribution in [2.45, 2.75) is 20.0 Å². The van der Waals surface area contributed by atoms with Gasteiger partial charge in [-0.25, -0.2) is 4.68 Å². The minimum Gasteiger partial charge on any atom is -0.463 e. The second-order valence-electron chi connectivity index (χ2n) is 6.15. The van der Waals surface area contributed by atoms with Crippen molar-refractivity contribution in [3.05, 3.63) is 41.0 Å². The maximum Gasteiger partial charge on any atom is 0.263 e. The fourth-order valence-electron chi connectivity index (χ4n) is 2.85. The Bertz CT molecular complexity index is 785. The Labute approximate surface area is 160 Å². The molecule has 1 aliphatic rings. The quantitative estimate of drug-likeness (QED) is 0.759. The van der Waals surface area contributed by atoms with Crippen LogP contribution in [-0.2, 0) is 9.59 Å². The Morgan fingerprint density at radius 3 is 2.35 bits per heavy atom. The number of ether oxygens (including phenoxy) is 1. The van der Waals surface area contributed by atoms with Gasteiger partial charge in [0.2, 0.25) is 11.8 Å². The van der Waals surface area contributed by atoms with Crippen molar-refractivity contribution in [2.24, 2.45) is 0 Å². The molecule has 1 aliphatic heterocycles. The van der Waals surface area contributed by atoms with Gasteiger partial charge in [-0.3, -0.25) is 9.59 Å². The smallest absolute Gasteiger partial charge is 0.263 e. The van der Waals surface area contributed by atoms with E-state index >= 15 is 0 Å². The first-order valence-electron chi connectivity index (χ1n) is 8.47. The number of piperazine rings is 1. The minimum atomic E-state index is -0.658. The molecule has 7 nitrogen and oxygen atoms in total. The van der Waals surface area contributed by atoms with Crippen molar-refractivity contribution in [2.75, 3.05) is 26.2 Å². The molecule has 0 unspecified atom stereocenters. The minimum absolute atomic E-state index is 0.0387. The summed E-state index contributed by atoms with van der Waals surface area (Å²) in [4.78, 5) is 27.5. The monoisotopic (exact) mass is 420 g/mol. The molecule has 1 saturated heterocycles. The zero-order valence-corrected chi connectivity index (χ0v) is 16.3. The molecule has 1 fully saturated rings. The summed E-state index contributed by atoms with van der Waals surface area (Å²) in [5.74, 6) is 0.309. The van der Waals surface area contributed by atoms with Gasteiger partial charge >= 0.3 is 0 Å². The average Bonchev–Trinajstić information content (AvgIpc) is 3.02.